The van der Waals surface area contributed by atoms with E-state index in [4.69, 9.17) is 9.84 Å². The molecule has 0 bridgehead atoms. The number of aliphatic hydroxyl groups excluding tert-OH is 1. The summed E-state index contributed by atoms with van der Waals surface area (Å²) in [4.78, 5) is 10.7. The smallest absolute Gasteiger partial charge is 0.245 e. The number of rotatable bonds is 11. The third-order valence-corrected chi connectivity index (χ3v) is 2.73. The lowest BCUT2D eigenvalue weighted by Crippen LogP contribution is -2.28. The van der Waals surface area contributed by atoms with Gasteiger partial charge in [-0.15, -0.1) is 0 Å². The van der Waals surface area contributed by atoms with Crippen molar-refractivity contribution >= 4 is 5.91 Å². The highest BCUT2D eigenvalue weighted by molar-refractivity contribution is 5.76. The van der Waals surface area contributed by atoms with Gasteiger partial charge in [0.1, 0.15) is 6.61 Å². The fraction of sp³-hybridized carbons (Fsp3) is 0.923. The standard InChI is InChI=1S/C13H27NO3/c1-3-5-6-8-12(4-2)17-10-7-9-14-13(16)11-15/h12,15H,3-11H2,1-2H3,(H,14,16)/t12-/m1/s1. The first-order valence-electron chi connectivity index (χ1n) is 6.73. The first kappa shape index (κ1) is 16.4. The van der Waals surface area contributed by atoms with Gasteiger partial charge in [-0.3, -0.25) is 4.79 Å². The normalized spacial score (nSPS) is 12.4. The van der Waals surface area contributed by atoms with Gasteiger partial charge in [-0.1, -0.05) is 33.1 Å². The van der Waals surface area contributed by atoms with Crippen molar-refractivity contribution in [2.24, 2.45) is 0 Å². The Morgan fingerprint density at radius 3 is 2.65 bits per heavy atom. The quantitative estimate of drug-likeness (QED) is 0.546. The molecule has 0 heterocycles. The van der Waals surface area contributed by atoms with Crippen molar-refractivity contribution in [1.29, 1.82) is 0 Å². The van der Waals surface area contributed by atoms with Gasteiger partial charge >= 0.3 is 0 Å². The van der Waals surface area contributed by atoms with E-state index in [0.717, 1.165) is 19.3 Å². The van der Waals surface area contributed by atoms with Gasteiger partial charge in [0, 0.05) is 13.2 Å². The average molecular weight is 245 g/mol. The van der Waals surface area contributed by atoms with Crippen LogP contribution in [-0.4, -0.2) is 36.9 Å². The molecule has 0 aromatic rings. The maximum Gasteiger partial charge on any atom is 0.245 e. The summed E-state index contributed by atoms with van der Waals surface area (Å²) in [6, 6.07) is 0. The molecule has 0 aliphatic carbocycles. The van der Waals surface area contributed by atoms with Crippen LogP contribution in [0.15, 0.2) is 0 Å². The first-order valence-corrected chi connectivity index (χ1v) is 6.73. The van der Waals surface area contributed by atoms with Gasteiger partial charge in [-0.25, -0.2) is 0 Å². The predicted molar refractivity (Wildman–Crippen MR) is 68.9 cm³/mol. The molecular formula is C13H27NO3. The number of amides is 1. The zero-order chi connectivity index (χ0) is 12.9. The summed E-state index contributed by atoms with van der Waals surface area (Å²) in [5, 5.41) is 11.1. The third kappa shape index (κ3) is 10.3. The lowest BCUT2D eigenvalue weighted by molar-refractivity contribution is -0.123. The Morgan fingerprint density at radius 2 is 2.06 bits per heavy atom. The Balaban J connectivity index is 3.39. The summed E-state index contributed by atoms with van der Waals surface area (Å²) in [5.41, 5.74) is 0. The monoisotopic (exact) mass is 245 g/mol. The maximum atomic E-state index is 10.7. The summed E-state index contributed by atoms with van der Waals surface area (Å²) in [6.45, 7) is 5.16. The molecule has 1 amide bonds. The van der Waals surface area contributed by atoms with Gasteiger partial charge in [0.15, 0.2) is 0 Å². The Bertz CT molecular complexity index is 186. The molecule has 4 nitrogen and oxygen atoms in total. The van der Waals surface area contributed by atoms with Crippen LogP contribution in [0.3, 0.4) is 0 Å². The molecule has 1 atom stereocenters. The number of aliphatic hydroxyl groups is 1. The number of unbranched alkanes of at least 4 members (excludes halogenated alkanes) is 2. The molecule has 0 aliphatic rings. The number of carbonyl (C=O) groups excluding carboxylic acids is 1. The van der Waals surface area contributed by atoms with Crippen LogP contribution in [0.4, 0.5) is 0 Å². The molecule has 0 aromatic heterocycles. The van der Waals surface area contributed by atoms with E-state index in [1.807, 2.05) is 0 Å². The van der Waals surface area contributed by atoms with Gasteiger partial charge in [-0.2, -0.15) is 0 Å². The fourth-order valence-corrected chi connectivity index (χ4v) is 1.63. The van der Waals surface area contributed by atoms with Crippen LogP contribution in [0, 0.1) is 0 Å². The van der Waals surface area contributed by atoms with E-state index >= 15 is 0 Å². The molecule has 0 aromatic carbocycles. The number of ether oxygens (including phenoxy) is 1. The molecule has 0 rings (SSSR count). The van der Waals surface area contributed by atoms with Crippen molar-refractivity contribution < 1.29 is 14.6 Å². The third-order valence-electron chi connectivity index (χ3n) is 2.73. The van der Waals surface area contributed by atoms with E-state index in [2.05, 4.69) is 19.2 Å². The van der Waals surface area contributed by atoms with Crippen LogP contribution in [-0.2, 0) is 9.53 Å². The second kappa shape index (κ2) is 11.9. The van der Waals surface area contributed by atoms with Gasteiger partial charge in [0.05, 0.1) is 6.10 Å². The van der Waals surface area contributed by atoms with Crippen LogP contribution in [0.1, 0.15) is 52.4 Å². The van der Waals surface area contributed by atoms with Crippen molar-refractivity contribution in [2.75, 3.05) is 19.8 Å². The van der Waals surface area contributed by atoms with Crippen molar-refractivity contribution in [3.63, 3.8) is 0 Å². The lowest BCUT2D eigenvalue weighted by Gasteiger charge is -2.15. The number of hydrogen-bond acceptors (Lipinski definition) is 3. The number of hydrogen-bond donors (Lipinski definition) is 2. The highest BCUT2D eigenvalue weighted by Crippen LogP contribution is 2.10. The van der Waals surface area contributed by atoms with Crippen LogP contribution in [0.2, 0.25) is 0 Å². The van der Waals surface area contributed by atoms with Gasteiger partial charge in [0.2, 0.25) is 5.91 Å². The van der Waals surface area contributed by atoms with Crippen LogP contribution < -0.4 is 5.32 Å². The van der Waals surface area contributed by atoms with E-state index in [9.17, 15) is 4.79 Å². The Labute approximate surface area is 105 Å². The van der Waals surface area contributed by atoms with Gasteiger partial charge in [-0.05, 0) is 19.3 Å². The molecule has 4 heteroatoms. The molecule has 0 fully saturated rings. The molecule has 0 radical (unpaired) electrons. The zero-order valence-corrected chi connectivity index (χ0v) is 11.2. The molecule has 2 N–H and O–H groups in total. The average Bonchev–Trinajstić information content (AvgIpc) is 2.36. The molecular weight excluding hydrogens is 218 g/mol. The fourth-order valence-electron chi connectivity index (χ4n) is 1.63. The van der Waals surface area contributed by atoms with E-state index in [0.29, 0.717) is 19.3 Å². The van der Waals surface area contributed by atoms with Crippen LogP contribution in [0.5, 0.6) is 0 Å². The minimum absolute atomic E-state index is 0.319. The highest BCUT2D eigenvalue weighted by atomic mass is 16.5. The summed E-state index contributed by atoms with van der Waals surface area (Å²) < 4.78 is 5.74. The van der Waals surface area contributed by atoms with Gasteiger partial charge in [0.25, 0.3) is 0 Å². The summed E-state index contributed by atoms with van der Waals surface area (Å²) in [6.07, 6.45) is 7.08. The molecule has 0 saturated heterocycles. The first-order chi connectivity index (χ1) is 8.24. The van der Waals surface area contributed by atoms with Crippen molar-refractivity contribution in [1.82, 2.24) is 5.32 Å². The predicted octanol–water partition coefficient (Wildman–Crippen LogP) is 1.86. The number of nitrogens with one attached hydrogen (secondary N) is 1. The van der Waals surface area contributed by atoms with Crippen molar-refractivity contribution in [3.8, 4) is 0 Å². The van der Waals surface area contributed by atoms with E-state index < -0.39 is 6.61 Å². The SMILES string of the molecule is CCCCC[C@@H](CC)OCCCNC(=O)CO. The molecule has 102 valence electrons. The minimum Gasteiger partial charge on any atom is -0.387 e. The molecule has 0 spiro atoms. The maximum absolute atomic E-state index is 10.7. The molecule has 0 unspecified atom stereocenters. The van der Waals surface area contributed by atoms with Crippen LogP contribution >= 0.6 is 0 Å². The van der Waals surface area contributed by atoms with Crippen molar-refractivity contribution in [3.05, 3.63) is 0 Å². The lowest BCUT2D eigenvalue weighted by atomic mass is 10.1. The summed E-state index contributed by atoms with van der Waals surface area (Å²) >= 11 is 0. The van der Waals surface area contributed by atoms with E-state index in [1.165, 1.54) is 19.3 Å². The molecule has 17 heavy (non-hydrogen) atoms. The minimum atomic E-state index is -0.435. The topological polar surface area (TPSA) is 58.6 Å². The molecule has 0 saturated carbocycles. The summed E-state index contributed by atoms with van der Waals surface area (Å²) in [7, 11) is 0. The number of carbonyl (C=O) groups is 1. The zero-order valence-electron chi connectivity index (χ0n) is 11.2. The van der Waals surface area contributed by atoms with E-state index in [1.54, 1.807) is 0 Å². The summed E-state index contributed by atoms with van der Waals surface area (Å²) in [5.74, 6) is -0.319. The van der Waals surface area contributed by atoms with Gasteiger partial charge < -0.3 is 15.2 Å². The Kier molecular flexibility index (Phi) is 11.4. The van der Waals surface area contributed by atoms with Crippen LogP contribution in [0.25, 0.3) is 0 Å². The largest absolute Gasteiger partial charge is 0.387 e. The Morgan fingerprint density at radius 1 is 1.29 bits per heavy atom. The van der Waals surface area contributed by atoms with Crippen molar-refractivity contribution in [2.45, 2.75) is 58.5 Å². The second-order valence-corrected chi connectivity index (χ2v) is 4.26. The second-order valence-electron chi connectivity index (χ2n) is 4.26. The molecule has 0 aliphatic heterocycles. The highest BCUT2D eigenvalue weighted by Gasteiger charge is 2.05. The Hall–Kier alpha value is -0.610. The van der Waals surface area contributed by atoms with E-state index in [-0.39, 0.29) is 5.91 Å².